The third-order valence-electron chi connectivity index (χ3n) is 5.89. The number of hydrogen-bond donors (Lipinski definition) is 1. The molecule has 2 saturated heterocycles. The average Bonchev–Trinajstić information content (AvgIpc) is 3.29. The molecule has 29 heavy (non-hydrogen) atoms. The Morgan fingerprint density at radius 2 is 1.48 bits per heavy atom. The maximum atomic E-state index is 13.3. The van der Waals surface area contributed by atoms with E-state index >= 15 is 0 Å². The molecule has 1 N–H and O–H groups in total. The molecule has 0 unspecified atom stereocenters. The van der Waals surface area contributed by atoms with Gasteiger partial charge in [-0.3, -0.25) is 9.59 Å². The first kappa shape index (κ1) is 19.5. The third-order valence-corrected chi connectivity index (χ3v) is 5.89. The number of nitrogens with zero attached hydrogens (tertiary/aromatic N) is 2. The second kappa shape index (κ2) is 8.68. The molecular formula is C24H29N3O2. The molecule has 5 heteroatoms. The molecule has 0 aliphatic carbocycles. The lowest BCUT2D eigenvalue weighted by Gasteiger charge is -2.29. The van der Waals surface area contributed by atoms with Crippen molar-refractivity contribution in [2.45, 2.75) is 39.0 Å². The minimum absolute atomic E-state index is 0.0815. The summed E-state index contributed by atoms with van der Waals surface area (Å²) in [4.78, 5) is 30.2. The van der Waals surface area contributed by atoms with E-state index in [4.69, 9.17) is 0 Å². The van der Waals surface area contributed by atoms with Gasteiger partial charge in [0.1, 0.15) is 0 Å². The second-order valence-corrected chi connectivity index (χ2v) is 8.10. The lowest BCUT2D eigenvalue weighted by molar-refractivity contribution is 0.0724. The first-order valence-electron chi connectivity index (χ1n) is 10.7. The second-order valence-electron chi connectivity index (χ2n) is 8.10. The van der Waals surface area contributed by atoms with Crippen molar-refractivity contribution in [2.24, 2.45) is 0 Å². The van der Waals surface area contributed by atoms with Crippen molar-refractivity contribution in [3.63, 3.8) is 0 Å². The van der Waals surface area contributed by atoms with E-state index in [-0.39, 0.29) is 11.8 Å². The number of nitrogens with one attached hydrogen (secondary N) is 1. The van der Waals surface area contributed by atoms with Gasteiger partial charge in [0, 0.05) is 43.1 Å². The first-order valence-corrected chi connectivity index (χ1v) is 10.7. The van der Waals surface area contributed by atoms with Gasteiger partial charge < -0.3 is 15.1 Å². The molecule has 4 rings (SSSR count). The summed E-state index contributed by atoms with van der Waals surface area (Å²) in [5, 5.41) is 2.97. The number of carbonyl (C=O) groups excluding carboxylic acids is 2. The molecule has 2 amide bonds. The van der Waals surface area contributed by atoms with Crippen molar-refractivity contribution in [2.75, 3.05) is 36.4 Å². The largest absolute Gasteiger partial charge is 0.371 e. The Labute approximate surface area is 172 Å². The van der Waals surface area contributed by atoms with Gasteiger partial charge in [0.05, 0.1) is 5.56 Å². The van der Waals surface area contributed by atoms with Gasteiger partial charge in [0.2, 0.25) is 0 Å². The molecule has 2 aliphatic rings. The van der Waals surface area contributed by atoms with Crippen LogP contribution in [0.1, 0.15) is 58.4 Å². The van der Waals surface area contributed by atoms with E-state index in [1.54, 1.807) is 0 Å². The summed E-state index contributed by atoms with van der Waals surface area (Å²) in [5.74, 6) is -0.0756. The fraction of sp³-hybridized carbons (Fsp3) is 0.417. The van der Waals surface area contributed by atoms with Crippen LogP contribution >= 0.6 is 0 Å². The van der Waals surface area contributed by atoms with Crippen LogP contribution in [0.5, 0.6) is 0 Å². The topological polar surface area (TPSA) is 52.7 Å². The highest BCUT2D eigenvalue weighted by Gasteiger charge is 2.25. The zero-order valence-electron chi connectivity index (χ0n) is 17.1. The summed E-state index contributed by atoms with van der Waals surface area (Å²) in [6, 6.07) is 13.3. The predicted octanol–water partition coefficient (Wildman–Crippen LogP) is 4.47. The summed E-state index contributed by atoms with van der Waals surface area (Å²) in [6.07, 6.45) is 5.63. The van der Waals surface area contributed by atoms with Crippen LogP contribution < -0.4 is 10.2 Å². The number of hydrogen-bond acceptors (Lipinski definition) is 3. The normalized spacial score (nSPS) is 16.7. The number of benzene rings is 2. The van der Waals surface area contributed by atoms with Gasteiger partial charge in [-0.1, -0.05) is 17.7 Å². The molecule has 2 heterocycles. The maximum absolute atomic E-state index is 13.3. The maximum Gasteiger partial charge on any atom is 0.256 e. The van der Waals surface area contributed by atoms with Gasteiger partial charge in [0.25, 0.3) is 11.8 Å². The van der Waals surface area contributed by atoms with Crippen LogP contribution in [0, 0.1) is 6.92 Å². The van der Waals surface area contributed by atoms with Crippen molar-refractivity contribution in [1.29, 1.82) is 0 Å². The number of rotatable bonds is 4. The van der Waals surface area contributed by atoms with Gasteiger partial charge in [-0.15, -0.1) is 0 Å². The van der Waals surface area contributed by atoms with Crippen molar-refractivity contribution < 1.29 is 9.59 Å². The molecule has 0 radical (unpaired) electrons. The van der Waals surface area contributed by atoms with Crippen molar-refractivity contribution in [1.82, 2.24) is 4.90 Å². The standard InChI is InChI=1S/C24H29N3O2/c1-18-7-9-19(10-8-18)23(28)25-20-11-12-22(26-13-5-6-14-26)21(17-20)24(29)27-15-3-2-4-16-27/h7-12,17H,2-6,13-16H2,1H3,(H,25,28). The molecule has 0 atom stereocenters. The van der Waals surface area contributed by atoms with Crippen LogP contribution in [0.25, 0.3) is 0 Å². The van der Waals surface area contributed by atoms with E-state index in [0.717, 1.165) is 63.1 Å². The molecule has 152 valence electrons. The summed E-state index contributed by atoms with van der Waals surface area (Å²) in [7, 11) is 0. The van der Waals surface area contributed by atoms with Crippen LogP contribution in [0.3, 0.4) is 0 Å². The third kappa shape index (κ3) is 4.44. The fourth-order valence-electron chi connectivity index (χ4n) is 4.19. The highest BCUT2D eigenvalue weighted by atomic mass is 16.2. The Bertz CT molecular complexity index is 879. The molecule has 2 fully saturated rings. The van der Waals surface area contributed by atoms with E-state index in [1.807, 2.05) is 54.3 Å². The number of likely N-dealkylation sites (tertiary alicyclic amines) is 1. The Balaban J connectivity index is 1.60. The van der Waals surface area contributed by atoms with Gasteiger partial charge in [-0.2, -0.15) is 0 Å². The molecular weight excluding hydrogens is 362 g/mol. The van der Waals surface area contributed by atoms with Crippen LogP contribution in [-0.2, 0) is 0 Å². The highest BCUT2D eigenvalue weighted by Crippen LogP contribution is 2.29. The van der Waals surface area contributed by atoms with Gasteiger partial charge in [-0.25, -0.2) is 0 Å². The van der Waals surface area contributed by atoms with Crippen molar-refractivity contribution >= 4 is 23.2 Å². The van der Waals surface area contributed by atoms with Crippen molar-refractivity contribution in [3.05, 3.63) is 59.2 Å². The smallest absolute Gasteiger partial charge is 0.256 e. The number of amides is 2. The number of aryl methyl sites for hydroxylation is 1. The highest BCUT2D eigenvalue weighted by molar-refractivity contribution is 6.06. The van der Waals surface area contributed by atoms with E-state index in [2.05, 4.69) is 10.2 Å². The van der Waals surface area contributed by atoms with E-state index in [9.17, 15) is 9.59 Å². The lowest BCUT2D eigenvalue weighted by Crippen LogP contribution is -2.36. The Kier molecular flexibility index (Phi) is 5.84. The molecule has 5 nitrogen and oxygen atoms in total. The van der Waals surface area contributed by atoms with Gasteiger partial charge >= 0.3 is 0 Å². The molecule has 2 aromatic carbocycles. The summed E-state index contributed by atoms with van der Waals surface area (Å²) >= 11 is 0. The number of piperidine rings is 1. The van der Waals surface area contributed by atoms with E-state index in [0.29, 0.717) is 16.8 Å². The van der Waals surface area contributed by atoms with Crippen LogP contribution in [0.15, 0.2) is 42.5 Å². The summed E-state index contributed by atoms with van der Waals surface area (Å²) in [5.41, 5.74) is 4.09. The molecule has 0 bridgehead atoms. The molecule has 2 aliphatic heterocycles. The number of carbonyl (C=O) groups is 2. The molecule has 0 aromatic heterocycles. The minimum Gasteiger partial charge on any atom is -0.371 e. The SMILES string of the molecule is Cc1ccc(C(=O)Nc2ccc(N3CCCC3)c(C(=O)N3CCCCC3)c2)cc1. The monoisotopic (exact) mass is 391 g/mol. The van der Waals surface area contributed by atoms with Crippen LogP contribution in [0.4, 0.5) is 11.4 Å². The molecule has 2 aromatic rings. The predicted molar refractivity (Wildman–Crippen MR) is 117 cm³/mol. The molecule has 0 spiro atoms. The Morgan fingerprint density at radius 1 is 0.828 bits per heavy atom. The fourth-order valence-corrected chi connectivity index (χ4v) is 4.19. The van der Waals surface area contributed by atoms with Crippen LogP contribution in [0.2, 0.25) is 0 Å². The first-order chi connectivity index (χ1) is 14.1. The molecule has 0 saturated carbocycles. The van der Waals surface area contributed by atoms with Crippen LogP contribution in [-0.4, -0.2) is 42.9 Å². The number of anilines is 2. The Morgan fingerprint density at radius 3 is 2.17 bits per heavy atom. The average molecular weight is 392 g/mol. The summed E-state index contributed by atoms with van der Waals surface area (Å²) < 4.78 is 0. The van der Waals surface area contributed by atoms with E-state index in [1.165, 1.54) is 6.42 Å². The zero-order chi connectivity index (χ0) is 20.2. The zero-order valence-corrected chi connectivity index (χ0v) is 17.1. The van der Waals surface area contributed by atoms with Crippen molar-refractivity contribution in [3.8, 4) is 0 Å². The Hall–Kier alpha value is -2.82. The van der Waals surface area contributed by atoms with E-state index < -0.39 is 0 Å². The lowest BCUT2D eigenvalue weighted by atomic mass is 10.1. The van der Waals surface area contributed by atoms with Gasteiger partial charge in [0.15, 0.2) is 0 Å². The minimum atomic E-state index is -0.157. The van der Waals surface area contributed by atoms with Gasteiger partial charge in [-0.05, 0) is 69.4 Å². The quantitative estimate of drug-likeness (QED) is 0.836. The summed E-state index contributed by atoms with van der Waals surface area (Å²) in [6.45, 7) is 5.60.